The van der Waals surface area contributed by atoms with Crippen molar-refractivity contribution in [1.29, 1.82) is 0 Å². The molecule has 0 aromatic carbocycles. The van der Waals surface area contributed by atoms with Gasteiger partial charge < -0.3 is 19.6 Å². The van der Waals surface area contributed by atoms with Crippen LogP contribution in [0.3, 0.4) is 0 Å². The molecule has 38 heavy (non-hydrogen) atoms. The van der Waals surface area contributed by atoms with Crippen molar-refractivity contribution in [2.45, 2.75) is 107 Å². The Morgan fingerprint density at radius 3 is 2.00 bits per heavy atom. The highest BCUT2D eigenvalue weighted by molar-refractivity contribution is 7.69. The van der Waals surface area contributed by atoms with Crippen molar-refractivity contribution in [3.05, 3.63) is 12.3 Å². The predicted octanol–water partition coefficient (Wildman–Crippen LogP) is 7.39. The van der Waals surface area contributed by atoms with Gasteiger partial charge in [-0.25, -0.2) is 0 Å². The zero-order valence-corrected chi connectivity index (χ0v) is 28.7. The van der Waals surface area contributed by atoms with Gasteiger partial charge in [-0.3, -0.25) is 4.79 Å². The average Bonchev–Trinajstić information content (AvgIpc) is 2.65. The van der Waals surface area contributed by atoms with E-state index in [0.717, 1.165) is 54.7 Å². The van der Waals surface area contributed by atoms with Crippen molar-refractivity contribution in [3.8, 4) is 0 Å². The molecule has 0 rings (SSSR count). The van der Waals surface area contributed by atoms with E-state index < -0.39 is 7.11 Å². The highest BCUT2D eigenvalue weighted by Crippen LogP contribution is 2.47. The van der Waals surface area contributed by atoms with Crippen LogP contribution in [0.25, 0.3) is 0 Å². The number of amides is 1. The summed E-state index contributed by atoms with van der Waals surface area (Å²) in [5.74, 6) is 0.456. The van der Waals surface area contributed by atoms with E-state index in [4.69, 9.17) is 4.52 Å². The molecule has 0 bridgehead atoms. The lowest BCUT2D eigenvalue weighted by Crippen LogP contribution is -2.40. The minimum absolute atomic E-state index is 0.106. The molecule has 0 saturated carbocycles. The molecule has 0 aliphatic carbocycles. The van der Waals surface area contributed by atoms with Gasteiger partial charge in [0.2, 0.25) is 5.91 Å². The maximum atomic E-state index is 12.8. The zero-order chi connectivity index (χ0) is 30.0. The number of carbonyl (C=O) groups excluding carboxylic acids is 1. The maximum Gasteiger partial charge on any atom is 0.220 e. The molecule has 0 aromatic rings. The van der Waals surface area contributed by atoms with Crippen molar-refractivity contribution < 1.29 is 13.8 Å². The van der Waals surface area contributed by atoms with E-state index in [0.29, 0.717) is 25.4 Å². The monoisotopic (exact) mass is 556 g/mol. The second-order valence-electron chi connectivity index (χ2n) is 16.1. The summed E-state index contributed by atoms with van der Waals surface area (Å²) in [7, 11) is 4.87. The Bertz CT molecular complexity index is 769. The normalized spacial score (nSPS) is 16.4. The van der Waals surface area contributed by atoms with Crippen LogP contribution in [0.1, 0.15) is 101 Å². The molecule has 0 fully saturated rings. The molecule has 226 valence electrons. The van der Waals surface area contributed by atoms with Crippen molar-refractivity contribution in [2.75, 3.05) is 53.1 Å². The van der Waals surface area contributed by atoms with Crippen molar-refractivity contribution in [1.82, 2.24) is 10.6 Å². The number of rotatable bonds is 18. The fourth-order valence-corrected chi connectivity index (χ4v) is 7.78. The van der Waals surface area contributed by atoms with Crippen molar-refractivity contribution >= 4 is 19.3 Å². The van der Waals surface area contributed by atoms with Gasteiger partial charge in [0.15, 0.2) is 0 Å². The summed E-state index contributed by atoms with van der Waals surface area (Å²) in [6, 6.07) is 0. The van der Waals surface area contributed by atoms with Gasteiger partial charge in [0.1, 0.15) is 0 Å². The topological polar surface area (TPSA) is 50.4 Å². The van der Waals surface area contributed by atoms with E-state index in [1.54, 1.807) is 0 Å². The number of carbonyl (C=O) groups is 1. The first-order valence-electron chi connectivity index (χ1n) is 14.8. The van der Waals surface area contributed by atoms with Crippen LogP contribution in [-0.4, -0.2) is 75.9 Å². The molecule has 0 aromatic heterocycles. The lowest BCUT2D eigenvalue weighted by molar-refractivity contribution is -0.870. The third-order valence-electron chi connectivity index (χ3n) is 6.65. The van der Waals surface area contributed by atoms with E-state index in [1.165, 1.54) is 0 Å². The summed E-state index contributed by atoms with van der Waals surface area (Å²) in [4.78, 5) is 12.8. The minimum atomic E-state index is -1.82. The summed E-state index contributed by atoms with van der Waals surface area (Å²) >= 11 is 0. The van der Waals surface area contributed by atoms with E-state index in [1.807, 2.05) is 0 Å². The summed E-state index contributed by atoms with van der Waals surface area (Å²) in [6.45, 7) is 29.1. The first-order valence-corrected chi connectivity index (χ1v) is 17.1. The summed E-state index contributed by atoms with van der Waals surface area (Å²) < 4.78 is 7.72. The zero-order valence-electron chi connectivity index (χ0n) is 27.9. The first-order chi connectivity index (χ1) is 16.9. The molecule has 1 unspecified atom stereocenters. The lowest BCUT2D eigenvalue weighted by atomic mass is 9.74. The summed E-state index contributed by atoms with van der Waals surface area (Å²) in [5.41, 5.74) is 1.69. The van der Waals surface area contributed by atoms with Crippen LogP contribution in [0, 0.1) is 22.2 Å². The van der Waals surface area contributed by atoms with E-state index in [-0.39, 0.29) is 28.3 Å². The van der Waals surface area contributed by atoms with Crippen LogP contribution in [0.2, 0.25) is 0 Å². The third-order valence-corrected chi connectivity index (χ3v) is 9.67. The van der Waals surface area contributed by atoms with Crippen LogP contribution in [0.5, 0.6) is 0 Å². The molecule has 0 aliphatic heterocycles. The number of nitrogens with one attached hydrogen (secondary N) is 2. The number of allylic oxidation sites excluding steroid dienone is 1. The SMILES string of the molecule is C=C(CC(C)(C)CC(C)(C)C)NC[C@@H](CNC(=O)C[C@H](C)CC(C)(C)C)OP(=C)(CC)CCC[N+](C)(C)C. The molecule has 0 aliphatic rings. The Hall–Kier alpha value is -0.770. The van der Waals surface area contributed by atoms with E-state index in [9.17, 15) is 4.79 Å². The lowest BCUT2D eigenvalue weighted by Gasteiger charge is -2.34. The fraction of sp³-hybridized carbons (Fsp3) is 0.875. The predicted molar refractivity (Wildman–Crippen MR) is 172 cm³/mol. The number of quaternary nitrogens is 1. The molecule has 1 amide bonds. The smallest absolute Gasteiger partial charge is 0.220 e. The van der Waals surface area contributed by atoms with Crippen LogP contribution >= 0.6 is 7.11 Å². The molecular formula is C32H67N3O2P+. The molecule has 3 atom stereocenters. The molecule has 2 N–H and O–H groups in total. The van der Waals surface area contributed by atoms with Gasteiger partial charge in [0, 0.05) is 38.7 Å². The number of nitrogens with zero attached hydrogens (tertiary/aromatic N) is 1. The Labute approximate surface area is 238 Å². The average molecular weight is 557 g/mol. The molecule has 0 radical (unpaired) electrons. The van der Waals surface area contributed by atoms with E-state index in [2.05, 4.69) is 114 Å². The Kier molecular flexibility index (Phi) is 15.0. The Morgan fingerprint density at radius 1 is 0.974 bits per heavy atom. The molecule has 0 heterocycles. The second kappa shape index (κ2) is 15.3. The van der Waals surface area contributed by atoms with Gasteiger partial charge in [-0.2, -0.15) is 0 Å². The van der Waals surface area contributed by atoms with Gasteiger partial charge in [-0.05, 0) is 53.7 Å². The maximum absolute atomic E-state index is 12.8. The standard InChI is InChI=1S/C32H66N3O2P/c1-16-38(15,19-17-18-35(12,13)14)37-28(24-34-29(36)20-26(2)21-30(4,5)6)23-33-27(3)22-32(10,11)25-31(7,8)9/h26,28,33H,3,15-25H2,1-2,4-14H3/p+1/t26-,28-,38?/m0/s1. The van der Waals surface area contributed by atoms with Crippen molar-refractivity contribution in [3.63, 3.8) is 0 Å². The summed E-state index contributed by atoms with van der Waals surface area (Å²) in [5, 5.41) is 6.75. The summed E-state index contributed by atoms with van der Waals surface area (Å²) in [6.07, 6.45) is 11.1. The molecule has 0 spiro atoms. The van der Waals surface area contributed by atoms with Gasteiger partial charge in [-0.15, -0.1) is 0 Å². The van der Waals surface area contributed by atoms with Gasteiger partial charge >= 0.3 is 0 Å². The van der Waals surface area contributed by atoms with Gasteiger partial charge in [0.05, 0.1) is 33.8 Å². The first kappa shape index (κ1) is 37.2. The van der Waals surface area contributed by atoms with Gasteiger partial charge in [-0.1, -0.05) is 82.1 Å². The van der Waals surface area contributed by atoms with Crippen LogP contribution < -0.4 is 10.6 Å². The highest BCUT2D eigenvalue weighted by Gasteiger charge is 2.27. The van der Waals surface area contributed by atoms with Crippen molar-refractivity contribution in [2.24, 2.45) is 22.2 Å². The van der Waals surface area contributed by atoms with E-state index >= 15 is 0 Å². The van der Waals surface area contributed by atoms with Gasteiger partial charge in [0.25, 0.3) is 0 Å². The number of hydrogen-bond acceptors (Lipinski definition) is 3. The largest absolute Gasteiger partial charge is 0.386 e. The molecule has 0 saturated heterocycles. The fourth-order valence-electron chi connectivity index (χ4n) is 5.71. The quantitative estimate of drug-likeness (QED) is 0.137. The molecule has 6 heteroatoms. The third kappa shape index (κ3) is 20.2. The highest BCUT2D eigenvalue weighted by atomic mass is 31.2. The van der Waals surface area contributed by atoms with Crippen LogP contribution in [0.15, 0.2) is 12.3 Å². The Morgan fingerprint density at radius 2 is 1.53 bits per heavy atom. The number of hydrogen-bond donors (Lipinski definition) is 2. The van der Waals surface area contributed by atoms with Crippen LogP contribution in [-0.2, 0) is 9.32 Å². The molecule has 5 nitrogen and oxygen atoms in total. The van der Waals surface area contributed by atoms with Crippen LogP contribution in [0.4, 0.5) is 0 Å². The minimum Gasteiger partial charge on any atom is -0.386 e. The molecular weight excluding hydrogens is 489 g/mol. The Balaban J connectivity index is 5.31. The second-order valence-corrected chi connectivity index (χ2v) is 19.5.